The highest BCUT2D eigenvalue weighted by molar-refractivity contribution is 5.58. The van der Waals surface area contributed by atoms with Gasteiger partial charge in [0.25, 0.3) is 0 Å². The van der Waals surface area contributed by atoms with Gasteiger partial charge in [-0.25, -0.2) is 13.2 Å². The highest BCUT2D eigenvalue weighted by Gasteiger charge is 2.13. The first kappa shape index (κ1) is 14.4. The Morgan fingerprint density at radius 2 is 1.62 bits per heavy atom. The summed E-state index contributed by atoms with van der Waals surface area (Å²) in [6, 6.07) is 9.08. The third kappa shape index (κ3) is 2.96. The van der Waals surface area contributed by atoms with Gasteiger partial charge in [0.15, 0.2) is 0 Å². The predicted molar refractivity (Wildman–Crippen MR) is 69.5 cm³/mol. The molecule has 0 fully saturated rings. The number of halogens is 3. The molecule has 2 rings (SSSR count). The fourth-order valence-electron chi connectivity index (χ4n) is 1.81. The quantitative estimate of drug-likeness (QED) is 0.940. The zero-order valence-corrected chi connectivity index (χ0v) is 10.6. The second-order valence-corrected chi connectivity index (χ2v) is 4.16. The summed E-state index contributed by atoms with van der Waals surface area (Å²) in [6.07, 6.45) is 0. The average Bonchev–Trinajstić information content (AvgIpc) is 2.46. The van der Waals surface area contributed by atoms with E-state index in [1.54, 1.807) is 12.1 Å². The molecule has 0 aliphatic heterocycles. The van der Waals surface area contributed by atoms with E-state index in [2.05, 4.69) is 5.32 Å². The van der Waals surface area contributed by atoms with Crippen LogP contribution in [0.5, 0.6) is 0 Å². The van der Waals surface area contributed by atoms with Crippen LogP contribution in [-0.2, 0) is 6.54 Å². The van der Waals surface area contributed by atoms with Crippen molar-refractivity contribution in [1.82, 2.24) is 0 Å². The maximum atomic E-state index is 13.7. The highest BCUT2D eigenvalue weighted by Crippen LogP contribution is 2.21. The molecule has 1 N–H and O–H groups in total. The molecule has 0 bridgehead atoms. The smallest absolute Gasteiger partial charge is 0.143 e. The van der Waals surface area contributed by atoms with E-state index in [1.807, 2.05) is 0 Å². The fraction of sp³-hybridized carbons (Fsp3) is 0.0667. The van der Waals surface area contributed by atoms with Gasteiger partial charge in [0.1, 0.15) is 29.1 Å². The van der Waals surface area contributed by atoms with Crippen molar-refractivity contribution in [2.24, 2.45) is 0 Å². The van der Waals surface area contributed by atoms with Crippen molar-refractivity contribution in [3.05, 3.63) is 64.5 Å². The molecule has 0 atom stereocenters. The van der Waals surface area contributed by atoms with Crippen LogP contribution in [0.1, 0.15) is 16.7 Å². The molecule has 2 aromatic carbocycles. The second-order valence-electron chi connectivity index (χ2n) is 4.16. The van der Waals surface area contributed by atoms with Crippen molar-refractivity contribution < 1.29 is 13.2 Å². The van der Waals surface area contributed by atoms with E-state index < -0.39 is 17.5 Å². The summed E-state index contributed by atoms with van der Waals surface area (Å²) < 4.78 is 40.8. The van der Waals surface area contributed by atoms with Crippen LogP contribution in [0.15, 0.2) is 30.3 Å². The van der Waals surface area contributed by atoms with E-state index >= 15 is 0 Å². The van der Waals surface area contributed by atoms with Gasteiger partial charge in [-0.1, -0.05) is 6.07 Å². The molecule has 3 nitrogen and oxygen atoms in total. The Morgan fingerprint density at radius 1 is 0.952 bits per heavy atom. The summed E-state index contributed by atoms with van der Waals surface area (Å²) >= 11 is 0. The first-order valence-corrected chi connectivity index (χ1v) is 5.87. The number of nitrogens with one attached hydrogen (secondary N) is 1. The molecule has 0 saturated heterocycles. The molecule has 0 radical (unpaired) electrons. The lowest BCUT2D eigenvalue weighted by Gasteiger charge is -2.10. The van der Waals surface area contributed by atoms with Crippen LogP contribution >= 0.6 is 0 Å². The summed E-state index contributed by atoms with van der Waals surface area (Å²) in [5.74, 6) is -2.48. The summed E-state index contributed by atoms with van der Waals surface area (Å²) in [5, 5.41) is 20.1. The van der Waals surface area contributed by atoms with E-state index in [9.17, 15) is 13.2 Å². The molecule has 104 valence electrons. The van der Waals surface area contributed by atoms with E-state index in [0.717, 1.165) is 18.2 Å². The molecule has 0 unspecified atom stereocenters. The predicted octanol–water partition coefficient (Wildman–Crippen LogP) is 3.46. The van der Waals surface area contributed by atoms with Gasteiger partial charge in [0, 0.05) is 12.1 Å². The van der Waals surface area contributed by atoms with E-state index in [0.29, 0.717) is 0 Å². The van der Waals surface area contributed by atoms with Crippen LogP contribution in [0.2, 0.25) is 0 Å². The van der Waals surface area contributed by atoms with Crippen molar-refractivity contribution in [3.8, 4) is 12.1 Å². The Balaban J connectivity index is 2.28. The molecule has 0 aliphatic rings. The third-order valence-corrected chi connectivity index (χ3v) is 2.85. The lowest BCUT2D eigenvalue weighted by molar-refractivity contribution is 0.559. The van der Waals surface area contributed by atoms with Crippen molar-refractivity contribution in [1.29, 1.82) is 10.5 Å². The Morgan fingerprint density at radius 3 is 2.19 bits per heavy atom. The first-order valence-electron chi connectivity index (χ1n) is 5.87. The zero-order valence-electron chi connectivity index (χ0n) is 10.6. The Kier molecular flexibility index (Phi) is 4.10. The maximum Gasteiger partial charge on any atom is 0.143 e. The number of hydrogen-bond donors (Lipinski definition) is 1. The highest BCUT2D eigenvalue weighted by atomic mass is 19.1. The fourth-order valence-corrected chi connectivity index (χ4v) is 1.81. The van der Waals surface area contributed by atoms with E-state index in [-0.39, 0.29) is 28.9 Å². The van der Waals surface area contributed by atoms with Crippen molar-refractivity contribution in [2.45, 2.75) is 6.54 Å². The molecule has 0 amide bonds. The van der Waals surface area contributed by atoms with E-state index in [4.69, 9.17) is 10.5 Å². The maximum absolute atomic E-state index is 13.7. The molecule has 0 heterocycles. The van der Waals surface area contributed by atoms with Gasteiger partial charge >= 0.3 is 0 Å². The monoisotopic (exact) mass is 287 g/mol. The zero-order chi connectivity index (χ0) is 15.4. The number of nitrogens with zero attached hydrogens (tertiary/aromatic N) is 2. The third-order valence-electron chi connectivity index (χ3n) is 2.85. The van der Waals surface area contributed by atoms with Crippen LogP contribution < -0.4 is 5.32 Å². The lowest BCUT2D eigenvalue weighted by atomic mass is 10.1. The lowest BCUT2D eigenvalue weighted by Crippen LogP contribution is -2.07. The largest absolute Gasteiger partial charge is 0.380 e. The summed E-state index contributed by atoms with van der Waals surface area (Å²) in [6.45, 7) is -0.276. The van der Waals surface area contributed by atoms with Gasteiger partial charge < -0.3 is 5.32 Å². The minimum absolute atomic E-state index is 0.128. The van der Waals surface area contributed by atoms with E-state index in [1.165, 1.54) is 12.1 Å². The van der Waals surface area contributed by atoms with Crippen LogP contribution in [0.4, 0.5) is 18.9 Å². The summed E-state index contributed by atoms with van der Waals surface area (Å²) in [7, 11) is 0. The Hall–Kier alpha value is -2.99. The second kappa shape index (κ2) is 5.98. The van der Waals surface area contributed by atoms with Gasteiger partial charge in [0.2, 0.25) is 0 Å². The van der Waals surface area contributed by atoms with Gasteiger partial charge in [0.05, 0.1) is 17.3 Å². The Bertz CT molecular complexity index is 750. The number of rotatable bonds is 3. The number of nitriles is 2. The van der Waals surface area contributed by atoms with Gasteiger partial charge in [-0.05, 0) is 24.3 Å². The molecule has 21 heavy (non-hydrogen) atoms. The number of benzene rings is 2. The minimum atomic E-state index is -0.881. The molecule has 2 aromatic rings. The molecular formula is C15H8F3N3. The molecule has 0 spiro atoms. The van der Waals surface area contributed by atoms with Crippen LogP contribution in [0.3, 0.4) is 0 Å². The molecule has 0 saturated carbocycles. The van der Waals surface area contributed by atoms with Crippen LogP contribution in [-0.4, -0.2) is 0 Å². The van der Waals surface area contributed by atoms with Gasteiger partial charge in [-0.2, -0.15) is 10.5 Å². The molecule has 0 aromatic heterocycles. The van der Waals surface area contributed by atoms with Crippen molar-refractivity contribution in [2.75, 3.05) is 5.32 Å². The standard InChI is InChI=1S/C15H8F3N3/c16-12-2-1-3-15(10(12)7-20)21-8-11-13(17)4-9(6-19)5-14(11)18/h1-5,21H,8H2. The average molecular weight is 287 g/mol. The number of hydrogen-bond acceptors (Lipinski definition) is 3. The van der Waals surface area contributed by atoms with Crippen molar-refractivity contribution in [3.63, 3.8) is 0 Å². The summed E-state index contributed by atoms with van der Waals surface area (Å²) in [5.41, 5.74) is -0.507. The minimum Gasteiger partial charge on any atom is -0.380 e. The molecule has 0 aliphatic carbocycles. The van der Waals surface area contributed by atoms with Gasteiger partial charge in [-0.3, -0.25) is 0 Å². The Labute approximate surface area is 118 Å². The van der Waals surface area contributed by atoms with Crippen molar-refractivity contribution >= 4 is 5.69 Å². The molecular weight excluding hydrogens is 279 g/mol. The first-order chi connectivity index (χ1) is 10.1. The van der Waals surface area contributed by atoms with Gasteiger partial charge in [-0.15, -0.1) is 0 Å². The normalized spacial score (nSPS) is 9.76. The van der Waals surface area contributed by atoms with Crippen LogP contribution in [0.25, 0.3) is 0 Å². The summed E-state index contributed by atoms with van der Waals surface area (Å²) in [4.78, 5) is 0. The number of anilines is 1. The topological polar surface area (TPSA) is 59.6 Å². The SMILES string of the molecule is N#Cc1cc(F)c(CNc2cccc(F)c2C#N)c(F)c1. The van der Waals surface area contributed by atoms with Crippen LogP contribution in [0, 0.1) is 40.1 Å². The molecule has 6 heteroatoms.